The van der Waals surface area contributed by atoms with E-state index < -0.39 is 33.5 Å². The maximum atomic E-state index is 13.8. The predicted octanol–water partition coefficient (Wildman–Crippen LogP) is 2.54. The number of rotatable bonds is 8. The van der Waals surface area contributed by atoms with Gasteiger partial charge in [0.2, 0.25) is 15.9 Å². The highest BCUT2D eigenvalue weighted by molar-refractivity contribution is 7.89. The number of likely N-dealkylation sites (tertiary alicyclic amines) is 1. The highest BCUT2D eigenvalue weighted by atomic mass is 32.2. The van der Waals surface area contributed by atoms with Crippen LogP contribution in [0.15, 0.2) is 41.3 Å². The van der Waals surface area contributed by atoms with Crippen molar-refractivity contribution in [2.75, 3.05) is 13.1 Å². The largest absolute Gasteiger partial charge is 0.343 e. The molecule has 3 rings (SSSR count). The van der Waals surface area contributed by atoms with Crippen LogP contribution in [0.1, 0.15) is 42.1 Å². The van der Waals surface area contributed by atoms with Gasteiger partial charge in [-0.2, -0.15) is 0 Å². The minimum Gasteiger partial charge on any atom is -0.343 e. The number of sulfonamides is 1. The van der Waals surface area contributed by atoms with Gasteiger partial charge in [0.25, 0.3) is 0 Å². The second kappa shape index (κ2) is 10.7. The van der Waals surface area contributed by atoms with Gasteiger partial charge in [-0.1, -0.05) is 12.1 Å². The number of carbonyl (C=O) groups is 2. The maximum absolute atomic E-state index is 13.8. The lowest BCUT2D eigenvalue weighted by Crippen LogP contribution is -2.47. The highest BCUT2D eigenvalue weighted by Crippen LogP contribution is 2.19. The highest BCUT2D eigenvalue weighted by Gasteiger charge is 2.27. The van der Waals surface area contributed by atoms with Gasteiger partial charge in [-0.3, -0.25) is 9.59 Å². The molecule has 0 aliphatic carbocycles. The van der Waals surface area contributed by atoms with Crippen LogP contribution in [-0.4, -0.2) is 50.2 Å². The van der Waals surface area contributed by atoms with Gasteiger partial charge in [0, 0.05) is 43.2 Å². The zero-order chi connectivity index (χ0) is 25.0. The molecule has 1 aliphatic rings. The van der Waals surface area contributed by atoms with Crippen LogP contribution >= 0.6 is 0 Å². The van der Waals surface area contributed by atoms with E-state index in [-0.39, 0.29) is 41.0 Å². The molecular weight excluding hydrogens is 471 g/mol. The van der Waals surface area contributed by atoms with Crippen LogP contribution in [0.25, 0.3) is 0 Å². The molecule has 11 heteroatoms. The molecule has 184 valence electrons. The number of hydrogen-bond acceptors (Lipinski definition) is 5. The number of piperidine rings is 1. The molecule has 1 fully saturated rings. The molecule has 1 saturated heterocycles. The summed E-state index contributed by atoms with van der Waals surface area (Å²) in [6, 6.07) is 5.67. The lowest BCUT2D eigenvalue weighted by Gasteiger charge is -2.33. The molecule has 7 nitrogen and oxygen atoms in total. The number of Topliss-reactive ketones (excluding diaryl/α,β-unsaturated/α-hetero) is 1. The number of hydrogen-bond donors (Lipinski definition) is 2. The zero-order valence-electron chi connectivity index (χ0n) is 18.6. The van der Waals surface area contributed by atoms with E-state index in [0.717, 1.165) is 6.07 Å². The Morgan fingerprint density at radius 2 is 1.65 bits per heavy atom. The molecule has 2 aromatic carbocycles. The lowest BCUT2D eigenvalue weighted by atomic mass is 10.0. The number of ketones is 1. The predicted molar refractivity (Wildman–Crippen MR) is 119 cm³/mol. The summed E-state index contributed by atoms with van der Waals surface area (Å²) in [7, 11) is -3.78. The van der Waals surface area contributed by atoms with Crippen LogP contribution in [0.2, 0.25) is 0 Å². The molecule has 1 unspecified atom stereocenters. The Balaban J connectivity index is 1.50. The number of carbonyl (C=O) groups excluding carboxylic acids is 2. The van der Waals surface area contributed by atoms with Crippen LogP contribution in [0.5, 0.6) is 0 Å². The van der Waals surface area contributed by atoms with Gasteiger partial charge in [0.1, 0.15) is 5.82 Å². The minimum absolute atomic E-state index is 0.0476. The van der Waals surface area contributed by atoms with Crippen molar-refractivity contribution in [3.63, 3.8) is 0 Å². The molecule has 34 heavy (non-hydrogen) atoms. The first-order valence-corrected chi connectivity index (χ1v) is 12.2. The number of benzene rings is 2. The Morgan fingerprint density at radius 1 is 1.06 bits per heavy atom. The van der Waals surface area contributed by atoms with E-state index >= 15 is 0 Å². The maximum Gasteiger partial charge on any atom is 0.240 e. The Morgan fingerprint density at radius 3 is 2.24 bits per heavy atom. The Hall–Kier alpha value is -2.76. The normalized spacial score (nSPS) is 15.9. The molecular formula is C23H26F3N3O4S. The zero-order valence-corrected chi connectivity index (χ0v) is 19.4. The number of halogens is 3. The van der Waals surface area contributed by atoms with E-state index in [0.29, 0.717) is 37.6 Å². The van der Waals surface area contributed by atoms with Crippen molar-refractivity contribution in [2.45, 2.75) is 49.6 Å². The second-order valence-corrected chi connectivity index (χ2v) is 10.1. The number of nitrogens with two attached hydrogens (primary N) is 1. The van der Waals surface area contributed by atoms with Gasteiger partial charge in [0.05, 0.1) is 4.90 Å². The third-order valence-electron chi connectivity index (χ3n) is 5.75. The summed E-state index contributed by atoms with van der Waals surface area (Å²) >= 11 is 0. The first kappa shape index (κ1) is 25.9. The van der Waals surface area contributed by atoms with E-state index in [1.165, 1.54) is 31.2 Å². The molecule has 1 aliphatic heterocycles. The van der Waals surface area contributed by atoms with Crippen molar-refractivity contribution in [3.8, 4) is 0 Å². The summed E-state index contributed by atoms with van der Waals surface area (Å²) in [4.78, 5) is 25.5. The molecule has 0 saturated carbocycles. The Kier molecular flexibility index (Phi) is 8.11. The van der Waals surface area contributed by atoms with Crippen LogP contribution < -0.4 is 10.5 Å². The minimum atomic E-state index is -3.78. The standard InChI is InChI=1S/C23H26F3N3O4S/c1-14(30)15-2-4-19(5-3-15)34(32,33)28-18-6-8-29(9-7-18)23(31)12-17(27)10-16-11-21(25)22(26)13-20(16)24/h2-5,11,13,17-18,28H,6-10,12,27H2,1H3. The molecule has 0 spiro atoms. The molecule has 0 bridgehead atoms. The molecule has 2 aromatic rings. The second-order valence-electron chi connectivity index (χ2n) is 8.38. The lowest BCUT2D eigenvalue weighted by molar-refractivity contribution is -0.132. The van der Waals surface area contributed by atoms with E-state index in [1.54, 1.807) is 4.90 Å². The average Bonchev–Trinajstić information content (AvgIpc) is 2.77. The van der Waals surface area contributed by atoms with Crippen molar-refractivity contribution in [1.29, 1.82) is 0 Å². The van der Waals surface area contributed by atoms with Gasteiger partial charge in [-0.25, -0.2) is 26.3 Å². The van der Waals surface area contributed by atoms with Gasteiger partial charge in [-0.15, -0.1) is 0 Å². The van der Waals surface area contributed by atoms with E-state index in [1.807, 2.05) is 0 Å². The summed E-state index contributed by atoms with van der Waals surface area (Å²) in [5.41, 5.74) is 6.24. The van der Waals surface area contributed by atoms with Crippen LogP contribution in [0.3, 0.4) is 0 Å². The van der Waals surface area contributed by atoms with E-state index in [9.17, 15) is 31.2 Å². The first-order valence-electron chi connectivity index (χ1n) is 10.8. The van der Waals surface area contributed by atoms with Gasteiger partial charge in [0.15, 0.2) is 17.4 Å². The van der Waals surface area contributed by atoms with Crippen LogP contribution in [0, 0.1) is 17.5 Å². The Bertz CT molecular complexity index is 1160. The smallest absolute Gasteiger partial charge is 0.240 e. The van der Waals surface area contributed by atoms with E-state index in [2.05, 4.69) is 4.72 Å². The van der Waals surface area contributed by atoms with Gasteiger partial charge in [-0.05, 0) is 49.9 Å². The van der Waals surface area contributed by atoms with Crippen LogP contribution in [0.4, 0.5) is 13.2 Å². The number of nitrogens with zero attached hydrogens (tertiary/aromatic N) is 1. The van der Waals surface area contributed by atoms with Gasteiger partial charge >= 0.3 is 0 Å². The third kappa shape index (κ3) is 6.43. The fourth-order valence-electron chi connectivity index (χ4n) is 3.83. The molecule has 1 atom stereocenters. The van der Waals surface area contributed by atoms with Crippen molar-refractivity contribution in [3.05, 3.63) is 65.0 Å². The first-order chi connectivity index (χ1) is 16.0. The van der Waals surface area contributed by atoms with E-state index in [4.69, 9.17) is 5.73 Å². The van der Waals surface area contributed by atoms with Crippen molar-refractivity contribution in [2.24, 2.45) is 5.73 Å². The molecule has 1 amide bonds. The number of nitrogens with one attached hydrogen (secondary N) is 1. The Labute approximate surface area is 196 Å². The fraction of sp³-hybridized carbons (Fsp3) is 0.391. The van der Waals surface area contributed by atoms with Gasteiger partial charge < -0.3 is 10.6 Å². The third-order valence-corrected chi connectivity index (χ3v) is 7.29. The summed E-state index contributed by atoms with van der Waals surface area (Å²) in [6.07, 6.45) is 0.540. The molecule has 0 radical (unpaired) electrons. The summed E-state index contributed by atoms with van der Waals surface area (Å²) in [5.74, 6) is -3.85. The monoisotopic (exact) mass is 497 g/mol. The summed E-state index contributed by atoms with van der Waals surface area (Å²) in [5, 5.41) is 0. The summed E-state index contributed by atoms with van der Waals surface area (Å²) in [6.45, 7) is 2.01. The fourth-order valence-corrected chi connectivity index (χ4v) is 5.14. The van der Waals surface area contributed by atoms with Crippen LogP contribution in [-0.2, 0) is 21.2 Å². The van der Waals surface area contributed by atoms with Crippen molar-refractivity contribution in [1.82, 2.24) is 9.62 Å². The number of amides is 1. The molecule has 1 heterocycles. The SMILES string of the molecule is CC(=O)c1ccc(S(=O)(=O)NC2CCN(C(=O)CC(N)Cc3cc(F)c(F)cc3F)CC2)cc1. The summed E-state index contributed by atoms with van der Waals surface area (Å²) < 4.78 is 68.1. The molecule has 3 N–H and O–H groups in total. The topological polar surface area (TPSA) is 110 Å². The average molecular weight is 498 g/mol. The van der Waals surface area contributed by atoms with Crippen molar-refractivity contribution >= 4 is 21.7 Å². The quantitative estimate of drug-likeness (QED) is 0.430. The van der Waals surface area contributed by atoms with Crippen molar-refractivity contribution < 1.29 is 31.2 Å². The molecule has 0 aromatic heterocycles.